The van der Waals surface area contributed by atoms with Gasteiger partial charge in [-0.25, -0.2) is 13.1 Å². The summed E-state index contributed by atoms with van der Waals surface area (Å²) in [4.78, 5) is 0.0745. The number of rotatable bonds is 5. The molecule has 11 heteroatoms. The van der Waals surface area contributed by atoms with Crippen LogP contribution in [0.4, 0.5) is 0 Å². The fourth-order valence-electron chi connectivity index (χ4n) is 3.23. The fraction of sp³-hybridized carbons (Fsp3) is 0.316. The monoisotopic (exact) mass is 467 g/mol. The lowest BCUT2D eigenvalue weighted by molar-refractivity contribution is 0.128. The van der Waals surface area contributed by atoms with E-state index in [1.165, 1.54) is 16.4 Å². The Labute approximate surface area is 184 Å². The van der Waals surface area contributed by atoms with Gasteiger partial charge >= 0.3 is 0 Å². The molecule has 0 bridgehead atoms. The molecule has 0 atom stereocenters. The molecule has 0 amide bonds. The third kappa shape index (κ3) is 4.29. The zero-order chi connectivity index (χ0) is 21.3. The van der Waals surface area contributed by atoms with Gasteiger partial charge in [-0.05, 0) is 49.6 Å². The van der Waals surface area contributed by atoms with E-state index in [0.29, 0.717) is 48.2 Å². The largest absolute Gasteiger partial charge is 0.473 e. The molecular formula is C19H19Cl2N5O3S. The van der Waals surface area contributed by atoms with Gasteiger partial charge < -0.3 is 4.74 Å². The Morgan fingerprint density at radius 2 is 1.87 bits per heavy atom. The van der Waals surface area contributed by atoms with Crippen LogP contribution in [-0.4, -0.2) is 51.9 Å². The van der Waals surface area contributed by atoms with Crippen LogP contribution in [0.1, 0.15) is 18.4 Å². The summed E-state index contributed by atoms with van der Waals surface area (Å²) in [6.45, 7) is 2.39. The van der Waals surface area contributed by atoms with Crippen molar-refractivity contribution in [3.63, 3.8) is 0 Å². The number of aromatic nitrogens is 4. The normalized spacial score (nSPS) is 16.0. The number of hydrogen-bond acceptors (Lipinski definition) is 6. The molecule has 3 heterocycles. The number of sulfonamides is 1. The Morgan fingerprint density at radius 3 is 2.50 bits per heavy atom. The third-order valence-corrected chi connectivity index (χ3v) is 7.65. The van der Waals surface area contributed by atoms with E-state index in [4.69, 9.17) is 27.9 Å². The van der Waals surface area contributed by atoms with E-state index < -0.39 is 10.0 Å². The zero-order valence-electron chi connectivity index (χ0n) is 16.1. The van der Waals surface area contributed by atoms with Crippen molar-refractivity contribution in [2.45, 2.75) is 30.8 Å². The number of benzene rings is 1. The summed E-state index contributed by atoms with van der Waals surface area (Å²) < 4.78 is 34.9. The standard InChI is InChI=1S/C19H19Cl2N5O3S/c1-13-11-17(16(21)12-15(13)20)30(27,28)25-9-5-14(6-10-25)29-19-4-3-18(23-24-19)26-8-2-7-22-26/h2-4,7-8,11-12,14H,5-6,9-10H2,1H3. The molecule has 1 saturated heterocycles. The molecule has 1 aliphatic heterocycles. The summed E-state index contributed by atoms with van der Waals surface area (Å²) in [7, 11) is -3.71. The Morgan fingerprint density at radius 1 is 1.10 bits per heavy atom. The highest BCUT2D eigenvalue weighted by Crippen LogP contribution is 2.31. The van der Waals surface area contributed by atoms with Crippen LogP contribution in [0.2, 0.25) is 10.0 Å². The number of piperidine rings is 1. The van der Waals surface area contributed by atoms with E-state index in [1.807, 2.05) is 0 Å². The van der Waals surface area contributed by atoms with Gasteiger partial charge in [0.25, 0.3) is 0 Å². The lowest BCUT2D eigenvalue weighted by atomic mass is 10.1. The van der Waals surface area contributed by atoms with Gasteiger partial charge in [-0.2, -0.15) is 9.40 Å². The fourth-order valence-corrected chi connectivity index (χ4v) is 5.51. The third-order valence-electron chi connectivity index (χ3n) is 4.88. The van der Waals surface area contributed by atoms with Crippen molar-refractivity contribution in [3.8, 4) is 11.7 Å². The second-order valence-electron chi connectivity index (χ2n) is 6.93. The highest BCUT2D eigenvalue weighted by Gasteiger charge is 2.32. The van der Waals surface area contributed by atoms with Gasteiger partial charge in [-0.1, -0.05) is 23.2 Å². The molecule has 1 aromatic carbocycles. The van der Waals surface area contributed by atoms with Gasteiger partial charge in [0, 0.05) is 36.6 Å². The molecule has 2 aromatic heterocycles. The molecule has 0 aliphatic carbocycles. The van der Waals surface area contributed by atoms with Crippen LogP contribution in [0.15, 0.2) is 47.6 Å². The molecule has 0 radical (unpaired) electrons. The second-order valence-corrected chi connectivity index (χ2v) is 9.65. The first-order valence-corrected chi connectivity index (χ1v) is 11.5. The van der Waals surface area contributed by atoms with Gasteiger partial charge in [0.05, 0.1) is 5.02 Å². The minimum absolute atomic E-state index is 0.0745. The molecule has 0 N–H and O–H groups in total. The van der Waals surface area contributed by atoms with E-state index in [9.17, 15) is 8.42 Å². The molecular weight excluding hydrogens is 449 g/mol. The Hall–Kier alpha value is -2.20. The highest BCUT2D eigenvalue weighted by atomic mass is 35.5. The van der Waals surface area contributed by atoms with Crippen LogP contribution < -0.4 is 4.74 Å². The lowest BCUT2D eigenvalue weighted by Gasteiger charge is -2.31. The Kier molecular flexibility index (Phi) is 5.97. The van der Waals surface area contributed by atoms with Crippen LogP contribution in [0, 0.1) is 6.92 Å². The molecule has 4 rings (SSSR count). The van der Waals surface area contributed by atoms with E-state index in [-0.39, 0.29) is 16.0 Å². The first-order chi connectivity index (χ1) is 14.3. The van der Waals surface area contributed by atoms with Crippen molar-refractivity contribution in [3.05, 3.63) is 58.3 Å². The maximum absolute atomic E-state index is 13.0. The van der Waals surface area contributed by atoms with Gasteiger partial charge in [0.1, 0.15) is 11.0 Å². The van der Waals surface area contributed by atoms with E-state index in [1.54, 1.807) is 42.2 Å². The van der Waals surface area contributed by atoms with Crippen LogP contribution in [0.3, 0.4) is 0 Å². The lowest BCUT2D eigenvalue weighted by Crippen LogP contribution is -2.41. The highest BCUT2D eigenvalue weighted by molar-refractivity contribution is 7.89. The topological polar surface area (TPSA) is 90.2 Å². The van der Waals surface area contributed by atoms with Gasteiger partial charge in [0.15, 0.2) is 5.82 Å². The molecule has 1 fully saturated rings. The quantitative estimate of drug-likeness (QED) is 0.570. The van der Waals surface area contributed by atoms with Crippen molar-refractivity contribution >= 4 is 33.2 Å². The second kappa shape index (κ2) is 8.50. The summed E-state index contributed by atoms with van der Waals surface area (Å²) >= 11 is 12.2. The van der Waals surface area contributed by atoms with Crippen LogP contribution in [0.5, 0.6) is 5.88 Å². The predicted octanol–water partition coefficient (Wildman–Crippen LogP) is 3.51. The zero-order valence-corrected chi connectivity index (χ0v) is 18.4. The minimum atomic E-state index is -3.71. The number of halogens is 2. The van der Waals surface area contributed by atoms with Crippen LogP contribution in [-0.2, 0) is 10.0 Å². The first kappa shape index (κ1) is 21.0. The molecule has 158 valence electrons. The van der Waals surface area contributed by atoms with Gasteiger partial charge in [-0.15, -0.1) is 10.2 Å². The number of hydrogen-bond donors (Lipinski definition) is 0. The van der Waals surface area contributed by atoms with E-state index >= 15 is 0 Å². The minimum Gasteiger partial charge on any atom is -0.473 e. The molecule has 1 aliphatic rings. The van der Waals surface area contributed by atoms with Crippen molar-refractivity contribution < 1.29 is 13.2 Å². The summed E-state index contributed by atoms with van der Waals surface area (Å²) in [5.74, 6) is 0.979. The Balaban J connectivity index is 1.39. The van der Waals surface area contributed by atoms with Crippen molar-refractivity contribution in [2.24, 2.45) is 0 Å². The Bertz CT molecular complexity index is 1130. The summed E-state index contributed by atoms with van der Waals surface area (Å²) in [6, 6.07) is 8.27. The summed E-state index contributed by atoms with van der Waals surface area (Å²) in [6.07, 6.45) is 4.35. The number of nitrogens with zero attached hydrogens (tertiary/aromatic N) is 5. The average molecular weight is 468 g/mol. The smallest absolute Gasteiger partial charge is 0.244 e. The molecule has 0 spiro atoms. The van der Waals surface area contributed by atoms with Crippen molar-refractivity contribution in [1.82, 2.24) is 24.3 Å². The van der Waals surface area contributed by atoms with E-state index in [2.05, 4.69) is 15.3 Å². The first-order valence-electron chi connectivity index (χ1n) is 9.31. The van der Waals surface area contributed by atoms with Crippen molar-refractivity contribution in [1.29, 1.82) is 0 Å². The van der Waals surface area contributed by atoms with Crippen LogP contribution >= 0.6 is 23.2 Å². The number of aryl methyl sites for hydroxylation is 1. The summed E-state index contributed by atoms with van der Waals surface area (Å²) in [5.41, 5.74) is 0.662. The molecule has 30 heavy (non-hydrogen) atoms. The van der Waals surface area contributed by atoms with E-state index in [0.717, 1.165) is 0 Å². The SMILES string of the molecule is Cc1cc(S(=O)(=O)N2CCC(Oc3ccc(-n4cccn4)nn3)CC2)c(Cl)cc1Cl. The summed E-state index contributed by atoms with van der Waals surface area (Å²) in [5, 5.41) is 12.8. The predicted molar refractivity (Wildman–Crippen MR) is 113 cm³/mol. The maximum Gasteiger partial charge on any atom is 0.244 e. The van der Waals surface area contributed by atoms with Gasteiger partial charge in [-0.3, -0.25) is 0 Å². The van der Waals surface area contributed by atoms with Gasteiger partial charge in [0.2, 0.25) is 15.9 Å². The van der Waals surface area contributed by atoms with Crippen LogP contribution in [0.25, 0.3) is 5.82 Å². The molecule has 0 saturated carbocycles. The average Bonchev–Trinajstić information content (AvgIpc) is 3.26. The molecule has 0 unspecified atom stereocenters. The molecule has 3 aromatic rings. The molecule has 8 nitrogen and oxygen atoms in total. The van der Waals surface area contributed by atoms with Crippen molar-refractivity contribution in [2.75, 3.05) is 13.1 Å². The maximum atomic E-state index is 13.0. The number of ether oxygens (including phenoxy) is 1.